The van der Waals surface area contributed by atoms with Gasteiger partial charge in [-0.2, -0.15) is 14.7 Å². The van der Waals surface area contributed by atoms with Gasteiger partial charge in [0.2, 0.25) is 5.82 Å². The first-order valence-corrected chi connectivity index (χ1v) is 10.5. The summed E-state index contributed by atoms with van der Waals surface area (Å²) in [4.78, 5) is 22.1. The van der Waals surface area contributed by atoms with E-state index >= 15 is 0 Å². The molecule has 0 amide bonds. The van der Waals surface area contributed by atoms with E-state index in [4.69, 9.17) is 0 Å². The molecule has 0 saturated heterocycles. The lowest BCUT2D eigenvalue weighted by Gasteiger charge is -2.10. The van der Waals surface area contributed by atoms with Crippen LogP contribution in [-0.2, 0) is 12.8 Å². The van der Waals surface area contributed by atoms with Gasteiger partial charge in [-0.1, -0.05) is 61.9 Å². The summed E-state index contributed by atoms with van der Waals surface area (Å²) in [7, 11) is 0. The Kier molecular flexibility index (Phi) is 5.06. The number of rotatable bonds is 6. The van der Waals surface area contributed by atoms with Crippen LogP contribution in [0.3, 0.4) is 0 Å². The van der Waals surface area contributed by atoms with Gasteiger partial charge in [-0.15, -0.1) is 10.2 Å². The summed E-state index contributed by atoms with van der Waals surface area (Å²) >= 11 is 0. The highest BCUT2D eigenvalue weighted by Gasteiger charge is 2.16. The van der Waals surface area contributed by atoms with Crippen molar-refractivity contribution in [3.05, 3.63) is 81.5 Å². The summed E-state index contributed by atoms with van der Waals surface area (Å²) in [6, 6.07) is 16.1. The molecule has 5 aromatic rings. The molecule has 0 radical (unpaired) electrons. The van der Waals surface area contributed by atoms with Crippen molar-refractivity contribution in [2.75, 3.05) is 0 Å². The minimum atomic E-state index is -0.0921. The number of aryl methyl sites for hydroxylation is 2. The molecule has 9 heteroatoms. The molecule has 2 aromatic carbocycles. The number of benzene rings is 2. The predicted octanol–water partition coefficient (Wildman–Crippen LogP) is 3.12. The van der Waals surface area contributed by atoms with E-state index in [-0.39, 0.29) is 5.56 Å². The Bertz CT molecular complexity index is 1430. The second-order valence-corrected chi connectivity index (χ2v) is 7.69. The average molecular weight is 426 g/mol. The number of aromatic amines is 2. The van der Waals surface area contributed by atoms with Crippen molar-refractivity contribution in [3.8, 4) is 22.5 Å². The maximum atomic E-state index is 13.1. The first-order chi connectivity index (χ1) is 15.6. The minimum absolute atomic E-state index is 0.0921. The number of hydrogen-bond donors (Lipinski definition) is 2. The van der Waals surface area contributed by atoms with Crippen LogP contribution in [0, 0.1) is 6.92 Å². The van der Waals surface area contributed by atoms with Gasteiger partial charge >= 0.3 is 0 Å². The lowest BCUT2D eigenvalue weighted by Crippen LogP contribution is -2.23. The van der Waals surface area contributed by atoms with Gasteiger partial charge in [-0.25, -0.2) is 4.98 Å². The predicted molar refractivity (Wildman–Crippen MR) is 120 cm³/mol. The minimum Gasteiger partial charge on any atom is -0.275 e. The Morgan fingerprint density at radius 2 is 1.78 bits per heavy atom. The van der Waals surface area contributed by atoms with E-state index in [1.54, 1.807) is 0 Å². The lowest BCUT2D eigenvalue weighted by atomic mass is 9.96. The van der Waals surface area contributed by atoms with E-state index in [1.807, 2.05) is 43.3 Å². The van der Waals surface area contributed by atoms with Gasteiger partial charge in [0.15, 0.2) is 0 Å². The molecule has 0 aliphatic carbocycles. The zero-order valence-electron chi connectivity index (χ0n) is 17.8. The molecule has 3 heterocycles. The maximum absolute atomic E-state index is 13.1. The number of tetrazole rings is 1. The molecule has 0 aliphatic rings. The van der Waals surface area contributed by atoms with Crippen molar-refractivity contribution in [1.82, 2.24) is 40.2 Å². The van der Waals surface area contributed by atoms with Crippen LogP contribution in [0.2, 0.25) is 0 Å². The van der Waals surface area contributed by atoms with Crippen LogP contribution in [0.1, 0.15) is 36.0 Å². The Morgan fingerprint density at radius 3 is 2.50 bits per heavy atom. The van der Waals surface area contributed by atoms with Gasteiger partial charge in [-0.05, 0) is 35.2 Å². The first-order valence-electron chi connectivity index (χ1n) is 10.5. The molecule has 0 unspecified atom stereocenters. The molecule has 0 saturated carbocycles. The van der Waals surface area contributed by atoms with Crippen molar-refractivity contribution in [2.45, 2.75) is 33.1 Å². The smallest absolute Gasteiger partial charge is 0.275 e. The fourth-order valence-corrected chi connectivity index (χ4v) is 3.93. The molecular weight excluding hydrogens is 404 g/mol. The maximum Gasteiger partial charge on any atom is 0.277 e. The zero-order valence-corrected chi connectivity index (χ0v) is 17.8. The van der Waals surface area contributed by atoms with E-state index in [2.05, 4.69) is 54.7 Å². The molecule has 2 N–H and O–H groups in total. The highest BCUT2D eigenvalue weighted by molar-refractivity contribution is 5.80. The topological polar surface area (TPSA) is 118 Å². The van der Waals surface area contributed by atoms with Crippen LogP contribution in [0.4, 0.5) is 0 Å². The Hall–Kier alpha value is -4.14. The van der Waals surface area contributed by atoms with Crippen LogP contribution in [0.5, 0.6) is 0 Å². The molecule has 0 bridgehead atoms. The van der Waals surface area contributed by atoms with Crippen LogP contribution < -0.4 is 5.56 Å². The van der Waals surface area contributed by atoms with Crippen molar-refractivity contribution in [2.24, 2.45) is 0 Å². The van der Waals surface area contributed by atoms with Crippen molar-refractivity contribution < 1.29 is 0 Å². The number of H-pyrrole nitrogens is 2. The van der Waals surface area contributed by atoms with Gasteiger partial charge < -0.3 is 0 Å². The molecule has 0 atom stereocenters. The molecule has 9 nitrogen and oxygen atoms in total. The molecule has 0 spiro atoms. The molecule has 5 rings (SSSR count). The Labute approximate surface area is 183 Å². The van der Waals surface area contributed by atoms with E-state index in [1.165, 1.54) is 4.52 Å². The summed E-state index contributed by atoms with van der Waals surface area (Å²) in [5, 5.41) is 17.4. The number of nitrogens with zero attached hydrogens (tertiary/aromatic N) is 6. The summed E-state index contributed by atoms with van der Waals surface area (Å²) in [6.07, 6.45) is 2.16. The third-order valence-corrected chi connectivity index (χ3v) is 5.43. The summed E-state index contributed by atoms with van der Waals surface area (Å²) in [5.74, 6) is 1.64. The monoisotopic (exact) mass is 426 g/mol. The van der Waals surface area contributed by atoms with E-state index in [0.29, 0.717) is 29.4 Å². The van der Waals surface area contributed by atoms with Crippen LogP contribution in [0.25, 0.3) is 28.3 Å². The quantitative estimate of drug-likeness (QED) is 0.431. The first kappa shape index (κ1) is 19.8. The van der Waals surface area contributed by atoms with Gasteiger partial charge in [0.05, 0.1) is 5.69 Å². The third-order valence-electron chi connectivity index (χ3n) is 5.43. The fourth-order valence-electron chi connectivity index (χ4n) is 3.93. The largest absolute Gasteiger partial charge is 0.277 e. The van der Waals surface area contributed by atoms with Crippen molar-refractivity contribution in [1.29, 1.82) is 0 Å². The molecule has 0 aliphatic heterocycles. The van der Waals surface area contributed by atoms with Crippen LogP contribution >= 0.6 is 0 Å². The van der Waals surface area contributed by atoms with E-state index in [0.717, 1.165) is 40.8 Å². The van der Waals surface area contributed by atoms with E-state index < -0.39 is 0 Å². The number of hydrogen-bond acceptors (Lipinski definition) is 6. The molecule has 3 aromatic heterocycles. The second kappa shape index (κ2) is 8.18. The normalized spacial score (nSPS) is 11.3. The molecule has 32 heavy (non-hydrogen) atoms. The standard InChI is InChI=1S/C23H22N8O/c1-3-6-20-19(22(32)31-23(25-20)24-14(2)28-31)13-15-9-11-16(12-10-15)17-7-4-5-8-18(17)21-26-29-30-27-21/h4-5,7-12H,3,6,13H2,1-2H3,(H,24,25,28)(H,26,27,29,30). The van der Waals surface area contributed by atoms with Gasteiger partial charge in [-0.3, -0.25) is 9.89 Å². The van der Waals surface area contributed by atoms with Gasteiger partial charge in [0.25, 0.3) is 11.3 Å². The Morgan fingerprint density at radius 1 is 1.00 bits per heavy atom. The third kappa shape index (κ3) is 3.58. The molecule has 0 fully saturated rings. The molecular formula is C23H22N8O. The molecule has 160 valence electrons. The highest BCUT2D eigenvalue weighted by Crippen LogP contribution is 2.30. The van der Waals surface area contributed by atoms with Crippen LogP contribution in [0.15, 0.2) is 53.3 Å². The number of fused-ring (bicyclic) bond motifs is 1. The second-order valence-electron chi connectivity index (χ2n) is 7.69. The zero-order chi connectivity index (χ0) is 22.1. The van der Waals surface area contributed by atoms with Gasteiger partial charge in [0.1, 0.15) is 5.82 Å². The SMILES string of the molecule is CCCc1nc2nc(C)[nH]n2c(=O)c1Cc1ccc(-c2ccccc2-c2nn[nH]n2)cc1. The summed E-state index contributed by atoms with van der Waals surface area (Å²) in [5.41, 5.74) is 5.43. The van der Waals surface area contributed by atoms with Crippen molar-refractivity contribution >= 4 is 5.78 Å². The van der Waals surface area contributed by atoms with Crippen LogP contribution in [-0.4, -0.2) is 40.2 Å². The Balaban J connectivity index is 1.50. The van der Waals surface area contributed by atoms with E-state index in [9.17, 15) is 4.79 Å². The number of aromatic nitrogens is 8. The van der Waals surface area contributed by atoms with Gasteiger partial charge in [0, 0.05) is 17.5 Å². The summed E-state index contributed by atoms with van der Waals surface area (Å²) < 4.78 is 1.43. The average Bonchev–Trinajstić information content (AvgIpc) is 3.47. The number of nitrogens with one attached hydrogen (secondary N) is 2. The fraction of sp³-hybridized carbons (Fsp3) is 0.217. The van der Waals surface area contributed by atoms with Crippen molar-refractivity contribution in [3.63, 3.8) is 0 Å². The summed E-state index contributed by atoms with van der Waals surface area (Å²) in [6.45, 7) is 3.90. The lowest BCUT2D eigenvalue weighted by molar-refractivity contribution is 0.804. The highest BCUT2D eigenvalue weighted by atomic mass is 16.1.